The Kier molecular flexibility index (Phi) is 5.84. The van der Waals surface area contributed by atoms with Gasteiger partial charge in [-0.3, -0.25) is 9.69 Å². The molecule has 1 atom stereocenters. The summed E-state index contributed by atoms with van der Waals surface area (Å²) in [6.07, 6.45) is 0. The van der Waals surface area contributed by atoms with E-state index >= 15 is 0 Å². The van der Waals surface area contributed by atoms with E-state index in [1.807, 2.05) is 43.0 Å². The summed E-state index contributed by atoms with van der Waals surface area (Å²) in [6.45, 7) is 3.44. The first-order valence-corrected chi connectivity index (χ1v) is 6.55. The molecule has 0 radical (unpaired) electrons. The summed E-state index contributed by atoms with van der Waals surface area (Å²) in [4.78, 5) is 14.8. The molecule has 5 nitrogen and oxygen atoms in total. The van der Waals surface area contributed by atoms with E-state index in [1.54, 1.807) is 0 Å². The molecule has 1 rings (SSSR count). The van der Waals surface area contributed by atoms with Crippen LogP contribution in [-0.4, -0.2) is 54.6 Å². The molecule has 0 aliphatic heterocycles. The van der Waals surface area contributed by atoms with Crippen molar-refractivity contribution in [2.24, 2.45) is 0 Å². The van der Waals surface area contributed by atoms with Gasteiger partial charge in [0.25, 0.3) is 0 Å². The molecule has 1 unspecified atom stereocenters. The zero-order valence-electron chi connectivity index (χ0n) is 10.9. The van der Waals surface area contributed by atoms with Crippen LogP contribution >= 0.6 is 15.9 Å². The number of carboxylic acid groups (broad SMARTS) is 1. The molecule has 0 aromatic carbocycles. The lowest BCUT2D eigenvalue weighted by Crippen LogP contribution is -2.37. The minimum atomic E-state index is -0.828. The number of aliphatic carboxylic acids is 1. The lowest BCUT2D eigenvalue weighted by atomic mass is 10.2. The van der Waals surface area contributed by atoms with Crippen LogP contribution in [0.3, 0.4) is 0 Å². The van der Waals surface area contributed by atoms with Gasteiger partial charge in [-0.25, -0.2) is 0 Å². The van der Waals surface area contributed by atoms with Crippen LogP contribution in [0.2, 0.25) is 0 Å². The third kappa shape index (κ3) is 4.80. The molecule has 0 saturated carbocycles. The van der Waals surface area contributed by atoms with Crippen LogP contribution in [0.15, 0.2) is 21.2 Å². The first-order chi connectivity index (χ1) is 8.40. The highest BCUT2D eigenvalue weighted by Crippen LogP contribution is 2.24. The van der Waals surface area contributed by atoms with E-state index in [4.69, 9.17) is 9.52 Å². The molecule has 0 saturated heterocycles. The normalized spacial score (nSPS) is 13.2. The number of nitrogens with zero attached hydrogens (tertiary/aromatic N) is 2. The van der Waals surface area contributed by atoms with Gasteiger partial charge in [0.15, 0.2) is 4.67 Å². The monoisotopic (exact) mass is 318 g/mol. The fourth-order valence-corrected chi connectivity index (χ4v) is 1.96. The predicted octanol–water partition coefficient (Wildman–Crippen LogP) is 2.05. The molecule has 18 heavy (non-hydrogen) atoms. The van der Waals surface area contributed by atoms with Gasteiger partial charge < -0.3 is 14.4 Å². The second kappa shape index (κ2) is 6.92. The summed E-state index contributed by atoms with van der Waals surface area (Å²) < 4.78 is 6.14. The predicted molar refractivity (Wildman–Crippen MR) is 72.6 cm³/mol. The minimum Gasteiger partial charge on any atom is -0.480 e. The summed E-state index contributed by atoms with van der Waals surface area (Å²) in [5, 5.41) is 8.95. The van der Waals surface area contributed by atoms with Gasteiger partial charge in [0.2, 0.25) is 0 Å². The summed E-state index contributed by atoms with van der Waals surface area (Å²) in [7, 11) is 3.93. The Morgan fingerprint density at radius 2 is 2.11 bits per heavy atom. The van der Waals surface area contributed by atoms with E-state index in [9.17, 15) is 4.79 Å². The number of hydrogen-bond donors (Lipinski definition) is 1. The highest BCUT2D eigenvalue weighted by Gasteiger charge is 2.21. The Bertz CT molecular complexity index is 392. The quantitative estimate of drug-likeness (QED) is 0.834. The van der Waals surface area contributed by atoms with Crippen LogP contribution in [-0.2, 0) is 4.79 Å². The first kappa shape index (κ1) is 15.2. The van der Waals surface area contributed by atoms with E-state index < -0.39 is 5.97 Å². The summed E-state index contributed by atoms with van der Waals surface area (Å²) in [5.74, 6) is -0.0619. The third-order valence-corrected chi connectivity index (χ3v) is 3.15. The molecule has 0 spiro atoms. The standard InChI is InChI=1S/C12H19BrN2O3/c1-9(10-4-5-11(13)18-10)15(8-12(16)17)7-6-14(2)3/h4-5,9H,6-8H2,1-3H3,(H,16,17). The van der Waals surface area contributed by atoms with Crippen molar-refractivity contribution >= 4 is 21.9 Å². The lowest BCUT2D eigenvalue weighted by Gasteiger charge is -2.27. The van der Waals surface area contributed by atoms with Crippen LogP contribution in [0.5, 0.6) is 0 Å². The topological polar surface area (TPSA) is 56.9 Å². The molecule has 0 bridgehead atoms. The molecule has 0 amide bonds. The van der Waals surface area contributed by atoms with Gasteiger partial charge in [0.1, 0.15) is 5.76 Å². The van der Waals surface area contributed by atoms with Gasteiger partial charge in [-0.05, 0) is 49.1 Å². The average Bonchev–Trinajstić information content (AvgIpc) is 2.69. The minimum absolute atomic E-state index is 0.00727. The zero-order valence-corrected chi connectivity index (χ0v) is 12.5. The summed E-state index contributed by atoms with van der Waals surface area (Å²) in [6, 6.07) is 3.61. The smallest absolute Gasteiger partial charge is 0.317 e. The molecule has 6 heteroatoms. The Balaban J connectivity index is 2.71. The largest absolute Gasteiger partial charge is 0.480 e. The molecule has 0 fully saturated rings. The summed E-state index contributed by atoms with van der Waals surface area (Å²) in [5.41, 5.74) is 0. The van der Waals surface area contributed by atoms with Gasteiger partial charge in [-0.2, -0.15) is 0 Å². The van der Waals surface area contributed by atoms with Crippen molar-refractivity contribution in [1.29, 1.82) is 0 Å². The Morgan fingerprint density at radius 3 is 2.56 bits per heavy atom. The maximum Gasteiger partial charge on any atom is 0.317 e. The maximum absolute atomic E-state index is 10.9. The van der Waals surface area contributed by atoms with Crippen LogP contribution in [0.1, 0.15) is 18.7 Å². The third-order valence-electron chi connectivity index (χ3n) is 2.73. The first-order valence-electron chi connectivity index (χ1n) is 5.76. The Hall–Kier alpha value is -0.850. The zero-order chi connectivity index (χ0) is 13.7. The van der Waals surface area contributed by atoms with E-state index in [-0.39, 0.29) is 12.6 Å². The number of rotatable bonds is 7. The van der Waals surface area contributed by atoms with Crippen molar-refractivity contribution < 1.29 is 14.3 Å². The van der Waals surface area contributed by atoms with Crippen molar-refractivity contribution in [2.45, 2.75) is 13.0 Å². The van der Waals surface area contributed by atoms with E-state index in [2.05, 4.69) is 15.9 Å². The second-order valence-electron chi connectivity index (χ2n) is 4.49. The number of halogens is 1. The van der Waals surface area contributed by atoms with Crippen molar-refractivity contribution in [2.75, 3.05) is 33.7 Å². The SMILES string of the molecule is CC(c1ccc(Br)o1)N(CCN(C)C)CC(=O)O. The number of furan rings is 1. The molecule has 1 N–H and O–H groups in total. The van der Waals surface area contributed by atoms with Crippen molar-refractivity contribution in [1.82, 2.24) is 9.80 Å². The molecular weight excluding hydrogens is 300 g/mol. The summed E-state index contributed by atoms with van der Waals surface area (Å²) >= 11 is 3.25. The molecular formula is C12H19BrN2O3. The van der Waals surface area contributed by atoms with Crippen LogP contribution in [0.25, 0.3) is 0 Å². The van der Waals surface area contributed by atoms with Crippen LogP contribution in [0.4, 0.5) is 0 Å². The van der Waals surface area contributed by atoms with E-state index in [0.29, 0.717) is 11.2 Å². The second-order valence-corrected chi connectivity index (χ2v) is 5.27. The van der Waals surface area contributed by atoms with Crippen LogP contribution in [0, 0.1) is 0 Å². The highest BCUT2D eigenvalue weighted by molar-refractivity contribution is 9.10. The van der Waals surface area contributed by atoms with Crippen molar-refractivity contribution in [3.63, 3.8) is 0 Å². The molecule has 1 aromatic rings. The van der Waals surface area contributed by atoms with Gasteiger partial charge in [0.05, 0.1) is 12.6 Å². The van der Waals surface area contributed by atoms with Gasteiger partial charge >= 0.3 is 5.97 Å². The van der Waals surface area contributed by atoms with Gasteiger partial charge in [-0.15, -0.1) is 0 Å². The number of likely N-dealkylation sites (N-methyl/N-ethyl adjacent to an activating group) is 1. The Labute approximate surface area is 115 Å². The molecule has 102 valence electrons. The van der Waals surface area contributed by atoms with Crippen molar-refractivity contribution in [3.05, 3.63) is 22.6 Å². The molecule has 1 heterocycles. The maximum atomic E-state index is 10.9. The number of carbonyl (C=O) groups is 1. The molecule has 0 aliphatic rings. The fourth-order valence-electron chi connectivity index (χ4n) is 1.64. The Morgan fingerprint density at radius 1 is 1.44 bits per heavy atom. The van der Waals surface area contributed by atoms with E-state index in [0.717, 1.165) is 12.3 Å². The number of hydrogen-bond acceptors (Lipinski definition) is 4. The molecule has 1 aromatic heterocycles. The molecule has 0 aliphatic carbocycles. The lowest BCUT2D eigenvalue weighted by molar-refractivity contribution is -0.139. The fraction of sp³-hybridized carbons (Fsp3) is 0.583. The van der Waals surface area contributed by atoms with Gasteiger partial charge in [-0.1, -0.05) is 0 Å². The van der Waals surface area contributed by atoms with Crippen molar-refractivity contribution in [3.8, 4) is 0 Å². The van der Waals surface area contributed by atoms with Crippen LogP contribution < -0.4 is 0 Å². The highest BCUT2D eigenvalue weighted by atomic mass is 79.9. The number of carboxylic acids is 1. The van der Waals surface area contributed by atoms with Gasteiger partial charge in [0, 0.05) is 13.1 Å². The average molecular weight is 319 g/mol. The van der Waals surface area contributed by atoms with E-state index in [1.165, 1.54) is 0 Å².